The van der Waals surface area contributed by atoms with Gasteiger partial charge in [-0.3, -0.25) is 8.80 Å². The van der Waals surface area contributed by atoms with Gasteiger partial charge in [-0.1, -0.05) is 72.8 Å². The van der Waals surface area contributed by atoms with Crippen molar-refractivity contribution in [1.29, 1.82) is 0 Å². The second kappa shape index (κ2) is 10.8. The number of thiophene rings is 2. The molecule has 0 amide bonds. The summed E-state index contributed by atoms with van der Waals surface area (Å²) >= 11 is 3.69. The van der Waals surface area contributed by atoms with Crippen LogP contribution >= 0.6 is 22.7 Å². The lowest BCUT2D eigenvalue weighted by Gasteiger charge is -2.14. The normalized spacial score (nSPS) is 12.6. The van der Waals surface area contributed by atoms with Crippen LogP contribution in [0.4, 0.5) is 0 Å². The highest BCUT2D eigenvalue weighted by atomic mass is 32.1. The van der Waals surface area contributed by atoms with Crippen molar-refractivity contribution in [2.45, 2.75) is 0 Å². The topological polar surface area (TPSA) is 43.8 Å². The van der Waals surface area contributed by atoms with Crippen molar-refractivity contribution >= 4 is 140 Å². The first kappa shape index (κ1) is 30.2. The fourth-order valence-electron chi connectivity index (χ4n) is 9.51. The van der Waals surface area contributed by atoms with Crippen LogP contribution in [0.5, 0.6) is 11.5 Å². The second-order valence-electron chi connectivity index (χ2n) is 14.9. The number of nitrogens with zero attached hydrogens (tertiary/aromatic N) is 4. The number of aromatic nitrogens is 4. The minimum atomic E-state index is 0.758. The molecule has 0 N–H and O–H groups in total. The van der Waals surface area contributed by atoms with Gasteiger partial charge < -0.3 is 4.74 Å². The lowest BCUT2D eigenvalue weighted by molar-refractivity contribution is 0.484. The molecule has 57 heavy (non-hydrogen) atoms. The van der Waals surface area contributed by atoms with Crippen molar-refractivity contribution < 1.29 is 4.74 Å². The number of rotatable bonds is 2. The summed E-state index contributed by atoms with van der Waals surface area (Å²) in [5.41, 5.74) is 8.38. The number of pyridine rings is 2. The Hall–Kier alpha value is -7.06. The molecule has 6 aromatic heterocycles. The van der Waals surface area contributed by atoms with Gasteiger partial charge in [-0.2, -0.15) is 0 Å². The molecular formula is C50H26N4OS2. The molecule has 0 saturated carbocycles. The van der Waals surface area contributed by atoms with Crippen molar-refractivity contribution in [3.63, 3.8) is 0 Å². The Labute approximate surface area is 330 Å². The van der Waals surface area contributed by atoms with E-state index in [1.165, 1.54) is 62.2 Å². The number of ether oxygens (including phenoxy) is 1. The smallest absolute Gasteiger partial charge is 0.146 e. The van der Waals surface area contributed by atoms with Crippen LogP contribution in [0.3, 0.4) is 0 Å². The van der Waals surface area contributed by atoms with Crippen molar-refractivity contribution in [3.8, 4) is 11.5 Å². The number of para-hydroxylation sites is 4. The Morgan fingerprint density at radius 1 is 0.368 bits per heavy atom. The third-order valence-corrected chi connectivity index (χ3v) is 14.2. The number of fused-ring (bicyclic) bond motifs is 24. The predicted molar refractivity (Wildman–Crippen MR) is 241 cm³/mol. The van der Waals surface area contributed by atoms with E-state index in [0.29, 0.717) is 0 Å². The Balaban J connectivity index is 1.01. The Bertz CT molecular complexity index is 3830. The Kier molecular flexibility index (Phi) is 5.73. The minimum absolute atomic E-state index is 0.758. The van der Waals surface area contributed by atoms with Crippen molar-refractivity contribution in [1.82, 2.24) is 18.8 Å². The first-order valence-corrected chi connectivity index (χ1v) is 20.7. The van der Waals surface area contributed by atoms with Crippen LogP contribution in [0.2, 0.25) is 0 Å². The van der Waals surface area contributed by atoms with Gasteiger partial charge in [0.1, 0.15) is 22.8 Å². The first-order chi connectivity index (χ1) is 28.2. The van der Waals surface area contributed by atoms with E-state index in [1.807, 2.05) is 22.7 Å². The Morgan fingerprint density at radius 3 is 1.32 bits per heavy atom. The van der Waals surface area contributed by atoms with E-state index in [4.69, 9.17) is 14.7 Å². The highest BCUT2D eigenvalue weighted by Gasteiger charge is 2.21. The summed E-state index contributed by atoms with van der Waals surface area (Å²) in [7, 11) is 0. The predicted octanol–water partition coefficient (Wildman–Crippen LogP) is 14.4. The van der Waals surface area contributed by atoms with Gasteiger partial charge in [0, 0.05) is 61.9 Å². The molecule has 0 unspecified atom stereocenters. The van der Waals surface area contributed by atoms with E-state index in [0.717, 1.165) is 66.4 Å². The molecule has 0 fully saturated rings. The Morgan fingerprint density at radius 2 is 0.807 bits per heavy atom. The molecule has 0 atom stereocenters. The molecule has 264 valence electrons. The summed E-state index contributed by atoms with van der Waals surface area (Å²) < 4.78 is 16.7. The van der Waals surface area contributed by atoms with Crippen LogP contribution < -0.4 is 4.74 Å². The van der Waals surface area contributed by atoms with E-state index in [-0.39, 0.29) is 0 Å². The summed E-state index contributed by atoms with van der Waals surface area (Å²) in [4.78, 5) is 10.5. The van der Waals surface area contributed by atoms with E-state index in [1.54, 1.807) is 0 Å². The summed E-state index contributed by atoms with van der Waals surface area (Å²) in [5, 5.41) is 11.9. The quantitative estimate of drug-likeness (QED) is 0.165. The standard InChI is InChI=1S/C50H26N4OS2/c1-7-15-41-33(9-1)45-43(56-41)23-21-31-29-19-17-27(25-35(29)49-51-37-11-3-5-13-39(37)53(49)47(31)45)55-28-18-20-30-32-22-24-44-46(34-10-2-8-16-42(34)57-44)48(32)54-40-14-6-4-12-38(40)52-50(54)36(30)26-28/h1-26H. The molecule has 14 aromatic rings. The maximum Gasteiger partial charge on any atom is 0.146 e. The van der Waals surface area contributed by atoms with Gasteiger partial charge in [0.25, 0.3) is 0 Å². The average Bonchev–Trinajstić information content (AvgIpc) is 4.04. The maximum absolute atomic E-state index is 6.82. The van der Waals surface area contributed by atoms with Gasteiger partial charge >= 0.3 is 0 Å². The maximum atomic E-state index is 6.82. The minimum Gasteiger partial charge on any atom is -0.457 e. The van der Waals surface area contributed by atoms with Crippen LogP contribution in [0.1, 0.15) is 0 Å². The zero-order valence-corrected chi connectivity index (χ0v) is 31.7. The van der Waals surface area contributed by atoms with Gasteiger partial charge in [0.05, 0.1) is 33.1 Å². The molecular weight excluding hydrogens is 737 g/mol. The average molecular weight is 763 g/mol. The van der Waals surface area contributed by atoms with Crippen LogP contribution in [-0.2, 0) is 0 Å². The number of hydrogen-bond donors (Lipinski definition) is 0. The van der Waals surface area contributed by atoms with Crippen LogP contribution in [0, 0.1) is 0 Å². The molecule has 7 heteroatoms. The first-order valence-electron chi connectivity index (χ1n) is 19.1. The molecule has 0 saturated heterocycles. The van der Waals surface area contributed by atoms with Gasteiger partial charge in [0.15, 0.2) is 0 Å². The number of benzene rings is 8. The van der Waals surface area contributed by atoms with Crippen LogP contribution in [0.15, 0.2) is 158 Å². The molecule has 0 spiro atoms. The highest BCUT2D eigenvalue weighted by Crippen LogP contribution is 2.45. The largest absolute Gasteiger partial charge is 0.457 e. The van der Waals surface area contributed by atoms with Gasteiger partial charge in [-0.25, -0.2) is 9.97 Å². The van der Waals surface area contributed by atoms with Gasteiger partial charge in [-0.15, -0.1) is 22.7 Å². The fraction of sp³-hybridized carbons (Fsp3) is 0. The van der Waals surface area contributed by atoms with Crippen LogP contribution in [-0.4, -0.2) is 18.8 Å². The molecule has 14 rings (SSSR count). The van der Waals surface area contributed by atoms with Crippen molar-refractivity contribution in [3.05, 3.63) is 158 Å². The lowest BCUT2D eigenvalue weighted by Crippen LogP contribution is -1.94. The SMILES string of the molecule is c1ccc2c(c1)nc1c3cc(Oc4ccc5c(c4)c4nc6ccccc6n4c4c5ccc5sc6ccccc6c54)ccc3c3ccc4sc5ccccc5c4c3n21. The van der Waals surface area contributed by atoms with Crippen LogP contribution in [0.25, 0.3) is 117 Å². The summed E-state index contributed by atoms with van der Waals surface area (Å²) in [5.74, 6) is 1.52. The second-order valence-corrected chi connectivity index (χ2v) is 17.1. The molecule has 0 bridgehead atoms. The molecule has 6 heterocycles. The van der Waals surface area contributed by atoms with E-state index < -0.39 is 0 Å². The molecule has 5 nitrogen and oxygen atoms in total. The highest BCUT2D eigenvalue weighted by molar-refractivity contribution is 7.26. The summed E-state index contributed by atoms with van der Waals surface area (Å²) in [6, 6.07) is 56.4. The number of imidazole rings is 2. The molecule has 0 aliphatic rings. The van der Waals surface area contributed by atoms with E-state index >= 15 is 0 Å². The van der Waals surface area contributed by atoms with Crippen molar-refractivity contribution in [2.24, 2.45) is 0 Å². The number of hydrogen-bond acceptors (Lipinski definition) is 5. The zero-order chi connectivity index (χ0) is 36.9. The zero-order valence-electron chi connectivity index (χ0n) is 30.0. The summed E-state index contributed by atoms with van der Waals surface area (Å²) in [6.45, 7) is 0. The fourth-order valence-corrected chi connectivity index (χ4v) is 11.7. The van der Waals surface area contributed by atoms with Gasteiger partial charge in [0.2, 0.25) is 0 Å². The van der Waals surface area contributed by atoms with E-state index in [9.17, 15) is 0 Å². The third kappa shape index (κ3) is 3.96. The van der Waals surface area contributed by atoms with Gasteiger partial charge in [-0.05, 0) is 95.7 Å². The summed E-state index contributed by atoms with van der Waals surface area (Å²) in [6.07, 6.45) is 0. The molecule has 0 aliphatic heterocycles. The molecule has 8 aromatic carbocycles. The third-order valence-electron chi connectivity index (χ3n) is 11.9. The molecule has 0 aliphatic carbocycles. The molecule has 0 radical (unpaired) electrons. The van der Waals surface area contributed by atoms with E-state index in [2.05, 4.69) is 167 Å². The monoisotopic (exact) mass is 762 g/mol. The van der Waals surface area contributed by atoms with Crippen molar-refractivity contribution in [2.75, 3.05) is 0 Å². The lowest BCUT2D eigenvalue weighted by atomic mass is 10.0.